The van der Waals surface area contributed by atoms with Crippen LogP contribution in [0.1, 0.15) is 129 Å². The molecule has 3 aromatic rings. The van der Waals surface area contributed by atoms with Crippen LogP contribution in [0.3, 0.4) is 0 Å². The van der Waals surface area contributed by atoms with Crippen LogP contribution in [0, 0.1) is 35.5 Å². The van der Waals surface area contributed by atoms with Gasteiger partial charge >= 0.3 is 11.9 Å². The van der Waals surface area contributed by atoms with Crippen LogP contribution >= 0.6 is 0 Å². The number of esters is 2. The standard InChI is InChI=1S/C51H56O10/c1-2-36-11-12-39-41-20-29-7-6-8-37(18-29)50(15-4-3-5-16-50)46(56)24-35-21-31(33-17-30(28-52)19-38(53)22-33)9-10-32-26-48(57)60-45-27-44(55)34(23-40(32)45)25-47(61-49(35)58)51(36,59)42(39)13-14-43(41)54/h6-8,17-19,22-24,27,31-32,36,39,41-42,46-47,52-53,55-56,59H,2-5,11-16,20-21,25-26,28H2,1H3/t31-,32-,36-,39-,41+,42+,46+,47+,51-/m0/s1. The van der Waals surface area contributed by atoms with Crippen molar-refractivity contribution in [3.05, 3.63) is 99.6 Å². The first-order valence-electron chi connectivity index (χ1n) is 22.4. The molecule has 6 aliphatic rings. The summed E-state index contributed by atoms with van der Waals surface area (Å²) in [4.78, 5) is 42.4. The van der Waals surface area contributed by atoms with E-state index in [2.05, 4.69) is 24.0 Å². The number of carbonyl (C=O) groups is 3. The molecule has 9 atom stereocenters. The minimum Gasteiger partial charge on any atom is -0.508 e. The molecule has 10 heteroatoms. The molecular weight excluding hydrogens is 773 g/mol. The average Bonchev–Trinajstić information content (AvgIpc) is 3.26. The molecule has 3 aromatic carbocycles. The summed E-state index contributed by atoms with van der Waals surface area (Å²) < 4.78 is 12.4. The highest BCUT2D eigenvalue weighted by atomic mass is 16.6. The van der Waals surface area contributed by atoms with Gasteiger partial charge in [0.2, 0.25) is 0 Å². The summed E-state index contributed by atoms with van der Waals surface area (Å²) in [7, 11) is 0. The van der Waals surface area contributed by atoms with Crippen LogP contribution in [0.15, 0.2) is 66.2 Å². The van der Waals surface area contributed by atoms with Gasteiger partial charge in [-0.05, 0) is 115 Å². The molecule has 0 unspecified atom stereocenters. The van der Waals surface area contributed by atoms with Gasteiger partial charge in [0.25, 0.3) is 0 Å². The van der Waals surface area contributed by atoms with Crippen molar-refractivity contribution < 1.29 is 49.4 Å². The van der Waals surface area contributed by atoms with Gasteiger partial charge in [-0.3, -0.25) is 9.59 Å². The highest BCUT2D eigenvalue weighted by Crippen LogP contribution is 2.55. The summed E-state index contributed by atoms with van der Waals surface area (Å²) in [5, 5.41) is 58.9. The van der Waals surface area contributed by atoms with E-state index in [0.717, 1.165) is 36.8 Å². The zero-order valence-corrected chi connectivity index (χ0v) is 34.8. The number of aliphatic hydroxyl groups is 3. The molecule has 0 aromatic heterocycles. The lowest BCUT2D eigenvalue weighted by molar-refractivity contribution is -0.212. The molecule has 5 N–H and O–H groups in total. The molecule has 10 nitrogen and oxygen atoms in total. The molecule has 0 amide bonds. The number of aromatic hydroxyl groups is 2. The van der Waals surface area contributed by atoms with Gasteiger partial charge in [-0.1, -0.05) is 74.8 Å². The number of ketones is 1. The summed E-state index contributed by atoms with van der Waals surface area (Å²) in [5.74, 6) is 2.77. The Hall–Kier alpha value is -4.95. The number of rotatable bonds is 3. The monoisotopic (exact) mass is 828 g/mol. The third kappa shape index (κ3) is 7.47. The second-order valence-corrected chi connectivity index (χ2v) is 18.7. The maximum Gasteiger partial charge on any atom is 0.334 e. The van der Waals surface area contributed by atoms with Gasteiger partial charge in [0.15, 0.2) is 0 Å². The lowest BCUT2D eigenvalue weighted by Gasteiger charge is -2.56. The van der Waals surface area contributed by atoms with Gasteiger partial charge < -0.3 is 35.0 Å². The van der Waals surface area contributed by atoms with Crippen molar-refractivity contribution in [2.75, 3.05) is 0 Å². The fourth-order valence-electron chi connectivity index (χ4n) is 12.3. The van der Waals surface area contributed by atoms with Crippen LogP contribution in [0.25, 0.3) is 0 Å². The van der Waals surface area contributed by atoms with Crippen molar-refractivity contribution in [3.63, 3.8) is 0 Å². The minimum absolute atomic E-state index is 0.0643. The van der Waals surface area contributed by atoms with Crippen LogP contribution in [0.2, 0.25) is 0 Å². The number of phenols is 2. The highest BCUT2D eigenvalue weighted by molar-refractivity contribution is 5.89. The average molecular weight is 829 g/mol. The number of hydrogen-bond acceptors (Lipinski definition) is 10. The molecule has 3 heterocycles. The Bertz CT molecular complexity index is 2330. The molecule has 61 heavy (non-hydrogen) atoms. The molecule has 3 fully saturated rings. The number of benzene rings is 3. The first-order valence-corrected chi connectivity index (χ1v) is 22.4. The minimum atomic E-state index is -1.60. The number of fused-ring (bicyclic) bond motifs is 8. The third-order valence-corrected chi connectivity index (χ3v) is 15.4. The predicted molar refractivity (Wildman–Crippen MR) is 226 cm³/mol. The lowest BCUT2D eigenvalue weighted by Crippen LogP contribution is -2.63. The first kappa shape index (κ1) is 41.4. The summed E-state index contributed by atoms with van der Waals surface area (Å²) in [6.45, 7) is 1.67. The zero-order valence-electron chi connectivity index (χ0n) is 34.8. The Kier molecular flexibility index (Phi) is 11.1. The van der Waals surface area contributed by atoms with Crippen LogP contribution in [0.5, 0.6) is 17.2 Å². The summed E-state index contributed by atoms with van der Waals surface area (Å²) in [5.41, 5.74) is 1.68. The van der Waals surface area contributed by atoms with Gasteiger partial charge in [-0.2, -0.15) is 0 Å². The van der Waals surface area contributed by atoms with Crippen molar-refractivity contribution in [2.45, 2.75) is 138 Å². The van der Waals surface area contributed by atoms with Crippen LogP contribution < -0.4 is 4.74 Å². The molecule has 10 bridgehead atoms. The van der Waals surface area contributed by atoms with Crippen molar-refractivity contribution >= 4 is 17.7 Å². The highest BCUT2D eigenvalue weighted by Gasteiger charge is 2.59. The number of hydrogen-bond donors (Lipinski definition) is 5. The molecule has 9 rings (SSSR count). The molecule has 1 spiro atoms. The van der Waals surface area contributed by atoms with Gasteiger partial charge in [-0.25, -0.2) is 4.79 Å². The van der Waals surface area contributed by atoms with E-state index >= 15 is 4.79 Å². The summed E-state index contributed by atoms with van der Waals surface area (Å²) in [6.07, 6.45) is 6.38. The zero-order chi connectivity index (χ0) is 42.6. The molecule has 320 valence electrons. The second kappa shape index (κ2) is 16.4. The smallest absolute Gasteiger partial charge is 0.334 e. The normalized spacial score (nSPS) is 32.0. The van der Waals surface area contributed by atoms with E-state index in [1.165, 1.54) is 12.1 Å². The van der Waals surface area contributed by atoms with E-state index < -0.39 is 52.9 Å². The van der Waals surface area contributed by atoms with E-state index in [1.807, 2.05) is 19.1 Å². The topological polar surface area (TPSA) is 171 Å². The second-order valence-electron chi connectivity index (χ2n) is 18.7. The number of Topliss-reactive ketones (excluding diaryl/α,β-unsaturated/α-hetero) is 1. The number of ether oxygens (including phenoxy) is 2. The third-order valence-electron chi connectivity index (χ3n) is 15.4. The van der Waals surface area contributed by atoms with Crippen LogP contribution in [0.4, 0.5) is 0 Å². The molecule has 0 saturated heterocycles. The van der Waals surface area contributed by atoms with Crippen LogP contribution in [-0.4, -0.2) is 61.1 Å². The Morgan fingerprint density at radius 3 is 2.46 bits per heavy atom. The fraction of sp³-hybridized carbons (Fsp3) is 0.510. The molecule has 0 radical (unpaired) electrons. The maximum absolute atomic E-state index is 15.3. The van der Waals surface area contributed by atoms with E-state index in [9.17, 15) is 35.1 Å². The quantitative estimate of drug-likeness (QED) is 0.104. The van der Waals surface area contributed by atoms with E-state index in [4.69, 9.17) is 9.47 Å². The van der Waals surface area contributed by atoms with Crippen LogP contribution in [-0.2, 0) is 44.0 Å². The van der Waals surface area contributed by atoms with Crippen molar-refractivity contribution in [1.29, 1.82) is 0 Å². The summed E-state index contributed by atoms with van der Waals surface area (Å²) in [6, 6.07) is 16.1. The Labute approximate surface area is 357 Å². The van der Waals surface area contributed by atoms with Gasteiger partial charge in [0.1, 0.15) is 34.7 Å². The van der Waals surface area contributed by atoms with E-state index in [0.29, 0.717) is 60.8 Å². The van der Waals surface area contributed by atoms with Crippen molar-refractivity contribution in [3.8, 4) is 29.1 Å². The fourth-order valence-corrected chi connectivity index (χ4v) is 12.3. The van der Waals surface area contributed by atoms with E-state index in [-0.39, 0.29) is 78.6 Å². The van der Waals surface area contributed by atoms with Crippen molar-refractivity contribution in [2.24, 2.45) is 23.7 Å². The Morgan fingerprint density at radius 2 is 1.67 bits per heavy atom. The Morgan fingerprint density at radius 1 is 0.869 bits per heavy atom. The maximum atomic E-state index is 15.3. The van der Waals surface area contributed by atoms with Gasteiger partial charge in [0.05, 0.1) is 25.0 Å². The molecule has 3 aliphatic carbocycles. The van der Waals surface area contributed by atoms with Gasteiger partial charge in [-0.15, -0.1) is 0 Å². The SMILES string of the molecule is CC[C@H]1CC[C@@H]2[C@H]3CCC(=O)[C@@H]2Cc2cccc(c2)C2(CCCCC2)[C@H](O)C=C2C[C@@H](c4cc(O)cc(CO)c4)C#C[C@H]4CC(=O)Oc5cc(O)c(cc54)C[C@@H](OC2=O)[C@]13O. The number of phenolic OH excluding ortho intramolecular Hbond substituents is 2. The largest absolute Gasteiger partial charge is 0.508 e. The Balaban J connectivity index is 1.30. The van der Waals surface area contributed by atoms with E-state index in [1.54, 1.807) is 24.3 Å². The van der Waals surface area contributed by atoms with Gasteiger partial charge in [0, 0.05) is 47.3 Å². The number of aliphatic hydroxyl groups excluding tert-OH is 2. The lowest BCUT2D eigenvalue weighted by atomic mass is 9.53. The molecular formula is C51H56O10. The molecule has 3 aliphatic heterocycles. The molecule has 3 saturated carbocycles. The van der Waals surface area contributed by atoms with Crippen molar-refractivity contribution in [1.82, 2.24) is 0 Å². The predicted octanol–water partition coefficient (Wildman–Crippen LogP) is 7.14. The summed E-state index contributed by atoms with van der Waals surface area (Å²) >= 11 is 0. The number of carbonyl (C=O) groups excluding carboxylic acids is 3. The first-order chi connectivity index (χ1) is 29.4.